The van der Waals surface area contributed by atoms with Crippen LogP contribution in [0.4, 0.5) is 39.7 Å². The third-order valence-electron chi connectivity index (χ3n) is 6.88. The second-order valence-corrected chi connectivity index (χ2v) is 10.1. The van der Waals surface area contributed by atoms with E-state index in [0.717, 1.165) is 56.7 Å². The Kier molecular flexibility index (Phi) is 10.3. The number of H-pyrrole nitrogens is 1. The van der Waals surface area contributed by atoms with Gasteiger partial charge in [-0.25, -0.2) is 14.2 Å². The van der Waals surface area contributed by atoms with Crippen LogP contribution in [0.15, 0.2) is 60.7 Å². The number of piperazine rings is 1. The molecule has 0 spiro atoms. The van der Waals surface area contributed by atoms with Gasteiger partial charge in [-0.05, 0) is 74.6 Å². The number of halogens is 5. The number of fused-ring (bicyclic) bond motifs is 1. The highest BCUT2D eigenvalue weighted by molar-refractivity contribution is 5.99. The normalized spacial score (nSPS) is 14.3. The monoisotopic (exact) mass is 620 g/mol. The van der Waals surface area contributed by atoms with Crippen LogP contribution < -0.4 is 33.1 Å². The van der Waals surface area contributed by atoms with Crippen molar-refractivity contribution in [2.45, 2.75) is 12.6 Å². The van der Waals surface area contributed by atoms with Gasteiger partial charge >= 0.3 is 12.2 Å². The van der Waals surface area contributed by atoms with Gasteiger partial charge in [0.1, 0.15) is 17.3 Å². The molecule has 9 nitrogen and oxygen atoms in total. The van der Waals surface area contributed by atoms with E-state index in [-0.39, 0.29) is 12.4 Å². The number of carbonyl (C=O) groups excluding carboxylic acids is 1. The molecule has 5 rings (SSSR count). The van der Waals surface area contributed by atoms with Crippen LogP contribution in [-0.4, -0.2) is 72.1 Å². The summed E-state index contributed by atoms with van der Waals surface area (Å²) >= 11 is 0. The number of anilines is 3. The van der Waals surface area contributed by atoms with E-state index >= 15 is 0 Å². The smallest absolute Gasteiger partial charge is 0.416 e. The van der Waals surface area contributed by atoms with Crippen LogP contribution in [0.5, 0.6) is 11.5 Å². The molecule has 0 aliphatic carbocycles. The quantitative estimate of drug-likeness (QED) is 0.170. The van der Waals surface area contributed by atoms with Crippen LogP contribution >= 0.6 is 0 Å². The standard InChI is InChI=1S/C29H31F4N7O2.ClH/c1-39-13-15-40(16-14-39)12-2-11-34-27-36-24-10-8-22(18-26(24)37-27)42-21-6-4-20(5-7-21)35-28(41)38-25-17-19(29(31,32)33)3-9-23(25)30;/h3-10,17-18H,2,11-16H2,1H3,(H2,34,36,37)(H2,35,38,41);1H/p-1. The molecule has 1 saturated heterocycles. The Labute approximate surface area is 252 Å². The molecule has 0 atom stereocenters. The van der Waals surface area contributed by atoms with Gasteiger partial charge in [0.25, 0.3) is 0 Å². The molecule has 3 aromatic carbocycles. The number of amides is 2. The number of imidazole rings is 1. The minimum atomic E-state index is -4.66. The Hall–Kier alpha value is -4.07. The van der Waals surface area contributed by atoms with Crippen LogP contribution in [0.2, 0.25) is 0 Å². The molecule has 1 aliphatic rings. The fourth-order valence-electron chi connectivity index (χ4n) is 4.54. The van der Waals surface area contributed by atoms with Crippen LogP contribution in [0.3, 0.4) is 0 Å². The van der Waals surface area contributed by atoms with E-state index in [9.17, 15) is 22.4 Å². The summed E-state index contributed by atoms with van der Waals surface area (Å²) < 4.78 is 58.6. The summed E-state index contributed by atoms with van der Waals surface area (Å²) in [4.78, 5) is 24.9. The Morgan fingerprint density at radius 2 is 1.70 bits per heavy atom. The molecule has 0 bridgehead atoms. The second-order valence-electron chi connectivity index (χ2n) is 10.1. The van der Waals surface area contributed by atoms with Gasteiger partial charge in [0.2, 0.25) is 5.95 Å². The third kappa shape index (κ3) is 8.72. The number of hydrogen-bond acceptors (Lipinski definition) is 6. The second kappa shape index (κ2) is 13.9. The number of nitrogens with one attached hydrogen (secondary N) is 4. The molecule has 2 heterocycles. The van der Waals surface area contributed by atoms with E-state index in [1.54, 1.807) is 30.3 Å². The predicted molar refractivity (Wildman–Crippen MR) is 154 cm³/mol. The minimum absolute atomic E-state index is 0. The maximum Gasteiger partial charge on any atom is 0.416 e. The topological polar surface area (TPSA) is 97.5 Å². The fraction of sp³-hybridized carbons (Fsp3) is 0.310. The lowest BCUT2D eigenvalue weighted by Crippen LogP contribution is -3.00. The van der Waals surface area contributed by atoms with Gasteiger partial charge in [-0.1, -0.05) is 0 Å². The molecule has 1 aromatic heterocycles. The molecule has 43 heavy (non-hydrogen) atoms. The molecule has 0 radical (unpaired) electrons. The molecule has 0 unspecified atom stereocenters. The van der Waals surface area contributed by atoms with Gasteiger partial charge < -0.3 is 47.9 Å². The fourth-order valence-corrected chi connectivity index (χ4v) is 4.54. The lowest BCUT2D eigenvalue weighted by atomic mass is 10.2. The number of carbonyl (C=O) groups is 1. The van der Waals surface area contributed by atoms with Crippen molar-refractivity contribution < 1.29 is 39.5 Å². The molecular formula is C29H31ClF4N7O2-. The molecule has 230 valence electrons. The van der Waals surface area contributed by atoms with Crippen molar-refractivity contribution in [1.29, 1.82) is 0 Å². The zero-order chi connectivity index (χ0) is 29.7. The van der Waals surface area contributed by atoms with Crippen LogP contribution in [0.1, 0.15) is 12.0 Å². The highest BCUT2D eigenvalue weighted by Gasteiger charge is 2.31. The van der Waals surface area contributed by atoms with E-state index in [1.165, 1.54) is 0 Å². The first-order valence-corrected chi connectivity index (χ1v) is 13.5. The highest BCUT2D eigenvalue weighted by Crippen LogP contribution is 2.32. The number of nitrogens with zero attached hydrogens (tertiary/aromatic N) is 3. The number of aromatic amines is 1. The molecular weight excluding hydrogens is 590 g/mol. The number of hydrogen-bond donors (Lipinski definition) is 4. The Bertz CT molecular complexity index is 1520. The summed E-state index contributed by atoms with van der Waals surface area (Å²) in [5.41, 5.74) is 0.288. The maximum absolute atomic E-state index is 13.9. The first kappa shape index (κ1) is 31.9. The largest absolute Gasteiger partial charge is 1.00 e. The van der Waals surface area contributed by atoms with Gasteiger partial charge in [-0.3, -0.25) is 0 Å². The van der Waals surface area contributed by atoms with Crippen molar-refractivity contribution >= 4 is 34.4 Å². The lowest BCUT2D eigenvalue weighted by Gasteiger charge is -2.32. The van der Waals surface area contributed by atoms with Gasteiger partial charge in [0.05, 0.1) is 22.3 Å². The zero-order valence-corrected chi connectivity index (χ0v) is 24.0. The number of rotatable bonds is 9. The summed E-state index contributed by atoms with van der Waals surface area (Å²) in [6.07, 6.45) is -3.65. The van der Waals surface area contributed by atoms with Crippen molar-refractivity contribution in [2.24, 2.45) is 0 Å². The van der Waals surface area contributed by atoms with Crippen LogP contribution in [0.25, 0.3) is 11.0 Å². The van der Waals surface area contributed by atoms with Crippen molar-refractivity contribution in [2.75, 3.05) is 62.3 Å². The van der Waals surface area contributed by atoms with E-state index < -0.39 is 29.3 Å². The van der Waals surface area contributed by atoms with E-state index in [4.69, 9.17) is 4.74 Å². The van der Waals surface area contributed by atoms with Gasteiger partial charge in [0.15, 0.2) is 0 Å². The predicted octanol–water partition coefficient (Wildman–Crippen LogP) is 3.21. The average molecular weight is 621 g/mol. The van der Waals surface area contributed by atoms with Crippen LogP contribution in [-0.2, 0) is 6.18 Å². The summed E-state index contributed by atoms with van der Waals surface area (Å²) in [5.74, 6) is 0.775. The molecule has 14 heteroatoms. The highest BCUT2D eigenvalue weighted by atomic mass is 35.5. The van der Waals surface area contributed by atoms with Gasteiger partial charge in [-0.15, -0.1) is 0 Å². The third-order valence-corrected chi connectivity index (χ3v) is 6.88. The molecule has 1 aliphatic heterocycles. The van der Waals surface area contributed by atoms with E-state index in [0.29, 0.717) is 41.3 Å². The summed E-state index contributed by atoms with van der Waals surface area (Å²) in [6, 6.07) is 12.7. The summed E-state index contributed by atoms with van der Waals surface area (Å²) in [7, 11) is 2.15. The first-order valence-electron chi connectivity index (χ1n) is 13.5. The van der Waals surface area contributed by atoms with E-state index in [2.05, 4.69) is 42.8 Å². The SMILES string of the molecule is CN1CCN(CCCNc2nc3ccc(Oc4ccc(NC(=O)Nc5cc(C(F)(F)F)ccc5F)cc4)cc3[nH]2)CC1.[Cl-]. The van der Waals surface area contributed by atoms with Gasteiger partial charge in [-0.2, -0.15) is 13.2 Å². The number of likely N-dealkylation sites (N-methyl/N-ethyl adjacent to an activating group) is 1. The Morgan fingerprint density at radius 3 is 2.42 bits per heavy atom. The zero-order valence-electron chi connectivity index (χ0n) is 23.3. The molecule has 2 amide bonds. The Morgan fingerprint density at radius 1 is 0.977 bits per heavy atom. The minimum Gasteiger partial charge on any atom is -1.00 e. The number of benzene rings is 3. The lowest BCUT2D eigenvalue weighted by molar-refractivity contribution is -0.137. The van der Waals surface area contributed by atoms with Crippen molar-refractivity contribution in [3.63, 3.8) is 0 Å². The van der Waals surface area contributed by atoms with E-state index in [1.807, 2.05) is 12.1 Å². The summed E-state index contributed by atoms with van der Waals surface area (Å²) in [5, 5.41) is 7.91. The molecule has 4 N–H and O–H groups in total. The molecule has 1 fully saturated rings. The number of urea groups is 1. The van der Waals surface area contributed by atoms with Crippen molar-refractivity contribution in [3.8, 4) is 11.5 Å². The number of alkyl halides is 3. The van der Waals surface area contributed by atoms with Gasteiger partial charge in [0, 0.05) is 44.5 Å². The first-order chi connectivity index (χ1) is 20.1. The molecule has 0 saturated carbocycles. The van der Waals surface area contributed by atoms with Crippen molar-refractivity contribution in [3.05, 3.63) is 72.0 Å². The van der Waals surface area contributed by atoms with Crippen LogP contribution in [0, 0.1) is 5.82 Å². The average Bonchev–Trinajstić information content (AvgIpc) is 3.36. The van der Waals surface area contributed by atoms with Crippen molar-refractivity contribution in [1.82, 2.24) is 19.8 Å². The molecule has 4 aromatic rings. The number of aromatic nitrogens is 2. The number of ether oxygens (including phenoxy) is 1. The maximum atomic E-state index is 13.9. The summed E-state index contributed by atoms with van der Waals surface area (Å²) in [6.45, 7) is 6.27. The Balaban J connectivity index is 0.00000423.